The highest BCUT2D eigenvalue weighted by molar-refractivity contribution is 5.87. The molecule has 2 heterocycles. The summed E-state index contributed by atoms with van der Waals surface area (Å²) in [5.41, 5.74) is 10.4. The van der Waals surface area contributed by atoms with Crippen LogP contribution in [0.2, 0.25) is 0 Å². The maximum Gasteiger partial charge on any atom is 0.153 e. The molecule has 0 bridgehead atoms. The highest BCUT2D eigenvalue weighted by Gasteiger charge is 2.46. The van der Waals surface area contributed by atoms with Crippen molar-refractivity contribution in [2.75, 3.05) is 0 Å². The average Bonchev–Trinajstić information content (AvgIpc) is 3.08. The van der Waals surface area contributed by atoms with Gasteiger partial charge in [0, 0.05) is 33.1 Å². The molecule has 0 aliphatic carbocycles. The molecule has 0 amide bonds. The molecule has 0 saturated heterocycles. The predicted molar refractivity (Wildman–Crippen MR) is 197 cm³/mol. The summed E-state index contributed by atoms with van der Waals surface area (Å²) in [5.74, 6) is 2.21. The Morgan fingerprint density at radius 2 is 0.900 bits per heavy atom. The number of aryl methyl sites for hydroxylation is 4. The van der Waals surface area contributed by atoms with Crippen molar-refractivity contribution in [2.45, 2.75) is 78.6 Å². The lowest BCUT2D eigenvalue weighted by molar-refractivity contribution is 0.111. The molecule has 0 aromatic heterocycles. The molecule has 252 valence electrons. The standard InChI is InChI=1S/C45H42O5/c1-25-10-11-39-35(15-25)44(8,36-16-26(2)12-29(22-46)40(36)49-39)33-19-32(43(5,6)7)20-34(21-33)45(9)37-17-27(3)13-30(23-47)41(37)50-42-31(24-48)14-28(4)18-38(42)45/h10-24H,1-9H3. The van der Waals surface area contributed by atoms with E-state index in [0.717, 1.165) is 80.1 Å². The quantitative estimate of drug-likeness (QED) is 0.175. The van der Waals surface area contributed by atoms with Crippen LogP contribution in [0, 0.1) is 27.7 Å². The van der Waals surface area contributed by atoms with Crippen LogP contribution in [-0.2, 0) is 16.2 Å². The van der Waals surface area contributed by atoms with E-state index in [0.29, 0.717) is 39.7 Å². The van der Waals surface area contributed by atoms with Crippen LogP contribution in [0.15, 0.2) is 72.8 Å². The van der Waals surface area contributed by atoms with Crippen molar-refractivity contribution in [1.29, 1.82) is 0 Å². The van der Waals surface area contributed by atoms with Crippen molar-refractivity contribution in [2.24, 2.45) is 0 Å². The third kappa shape index (κ3) is 4.86. The lowest BCUT2D eigenvalue weighted by Gasteiger charge is -2.43. The van der Waals surface area contributed by atoms with Gasteiger partial charge in [-0.05, 0) is 105 Å². The Hall–Kier alpha value is -5.29. The Bertz CT molecular complexity index is 2220. The van der Waals surface area contributed by atoms with E-state index < -0.39 is 10.8 Å². The van der Waals surface area contributed by atoms with Crippen LogP contribution >= 0.6 is 0 Å². The molecule has 0 N–H and O–H groups in total. The molecule has 0 saturated carbocycles. The lowest BCUT2D eigenvalue weighted by atomic mass is 9.63. The third-order valence-corrected chi connectivity index (χ3v) is 10.8. The van der Waals surface area contributed by atoms with Crippen LogP contribution in [0.4, 0.5) is 0 Å². The van der Waals surface area contributed by atoms with Crippen LogP contribution in [0.5, 0.6) is 23.0 Å². The lowest BCUT2D eigenvalue weighted by Crippen LogP contribution is -2.34. The van der Waals surface area contributed by atoms with E-state index >= 15 is 0 Å². The van der Waals surface area contributed by atoms with Crippen LogP contribution < -0.4 is 9.47 Å². The molecule has 5 aromatic carbocycles. The molecule has 7 rings (SSSR count). The van der Waals surface area contributed by atoms with E-state index in [9.17, 15) is 14.4 Å². The highest BCUT2D eigenvalue weighted by atomic mass is 16.5. The fraction of sp³-hybridized carbons (Fsp3) is 0.267. The predicted octanol–water partition coefficient (Wildman–Crippen LogP) is 10.6. The van der Waals surface area contributed by atoms with Gasteiger partial charge in [0.05, 0.1) is 16.7 Å². The summed E-state index contributed by atoms with van der Waals surface area (Å²) >= 11 is 0. The van der Waals surface area contributed by atoms with Crippen LogP contribution in [0.1, 0.15) is 127 Å². The molecule has 5 nitrogen and oxygen atoms in total. The van der Waals surface area contributed by atoms with Gasteiger partial charge in [-0.25, -0.2) is 0 Å². The van der Waals surface area contributed by atoms with E-state index in [4.69, 9.17) is 9.47 Å². The van der Waals surface area contributed by atoms with Gasteiger partial charge >= 0.3 is 0 Å². The van der Waals surface area contributed by atoms with E-state index in [1.807, 2.05) is 51.1 Å². The summed E-state index contributed by atoms with van der Waals surface area (Å²) in [7, 11) is 0. The molecule has 0 spiro atoms. The van der Waals surface area contributed by atoms with E-state index in [1.54, 1.807) is 0 Å². The Kier molecular flexibility index (Phi) is 7.56. The minimum Gasteiger partial charge on any atom is -0.456 e. The third-order valence-electron chi connectivity index (χ3n) is 10.8. The number of ether oxygens (including phenoxy) is 2. The Balaban J connectivity index is 1.64. The first kappa shape index (κ1) is 33.2. The normalized spacial score (nSPS) is 16.9. The Morgan fingerprint density at radius 3 is 1.32 bits per heavy atom. The Labute approximate surface area is 294 Å². The minimum absolute atomic E-state index is 0.251. The second-order valence-corrected chi connectivity index (χ2v) is 15.5. The zero-order valence-corrected chi connectivity index (χ0v) is 30.2. The van der Waals surface area contributed by atoms with Gasteiger partial charge in [0.2, 0.25) is 0 Å². The zero-order chi connectivity index (χ0) is 35.9. The molecule has 1 atom stereocenters. The second-order valence-electron chi connectivity index (χ2n) is 15.5. The number of aldehydes is 3. The molecule has 2 aliphatic rings. The molecule has 2 aliphatic heterocycles. The molecule has 0 fully saturated rings. The smallest absolute Gasteiger partial charge is 0.153 e. The zero-order valence-electron chi connectivity index (χ0n) is 30.2. The molecule has 0 radical (unpaired) electrons. The van der Waals surface area contributed by atoms with Crippen LogP contribution in [0.3, 0.4) is 0 Å². The summed E-state index contributed by atoms with van der Waals surface area (Å²) in [6.07, 6.45) is 2.53. The van der Waals surface area contributed by atoms with Gasteiger partial charge in [0.15, 0.2) is 18.9 Å². The Morgan fingerprint density at radius 1 is 0.500 bits per heavy atom. The van der Waals surface area contributed by atoms with Crippen molar-refractivity contribution < 1.29 is 23.9 Å². The summed E-state index contributed by atoms with van der Waals surface area (Å²) in [4.78, 5) is 37.6. The highest BCUT2D eigenvalue weighted by Crippen LogP contribution is 2.57. The second kappa shape index (κ2) is 11.4. The van der Waals surface area contributed by atoms with Gasteiger partial charge in [0.1, 0.15) is 23.0 Å². The van der Waals surface area contributed by atoms with Gasteiger partial charge < -0.3 is 9.47 Å². The van der Waals surface area contributed by atoms with Crippen molar-refractivity contribution >= 4 is 18.9 Å². The first-order valence-electron chi connectivity index (χ1n) is 17.1. The van der Waals surface area contributed by atoms with Crippen molar-refractivity contribution in [3.63, 3.8) is 0 Å². The van der Waals surface area contributed by atoms with Gasteiger partial charge in [-0.2, -0.15) is 0 Å². The number of fused-ring (bicyclic) bond motifs is 4. The number of benzene rings is 5. The van der Waals surface area contributed by atoms with E-state index in [1.165, 1.54) is 0 Å². The van der Waals surface area contributed by atoms with Gasteiger partial charge in [-0.3, -0.25) is 14.4 Å². The SMILES string of the molecule is Cc1ccc2c(c1)C(C)(c1cc(C(C)(C)C)cc(C3(C)c4cc(C)cc(C=O)c4Oc4c(C=O)cc(C)cc43)c1)c1cc(C)cc(C=O)c1O2. The largest absolute Gasteiger partial charge is 0.456 e. The molecule has 5 heteroatoms. The topological polar surface area (TPSA) is 69.7 Å². The molecule has 1 unspecified atom stereocenters. The maximum absolute atomic E-state index is 12.5. The van der Waals surface area contributed by atoms with E-state index in [-0.39, 0.29) is 5.41 Å². The summed E-state index contributed by atoms with van der Waals surface area (Å²) in [6, 6.07) is 24.9. The summed E-state index contributed by atoms with van der Waals surface area (Å²) < 4.78 is 13.1. The molecular weight excluding hydrogens is 620 g/mol. The van der Waals surface area contributed by atoms with Gasteiger partial charge in [-0.1, -0.05) is 74.9 Å². The number of hydrogen-bond acceptors (Lipinski definition) is 5. The van der Waals surface area contributed by atoms with Crippen LogP contribution in [0.25, 0.3) is 0 Å². The minimum atomic E-state index is -0.827. The van der Waals surface area contributed by atoms with Crippen molar-refractivity contribution in [3.05, 3.63) is 151 Å². The van der Waals surface area contributed by atoms with Crippen molar-refractivity contribution in [1.82, 2.24) is 0 Å². The maximum atomic E-state index is 12.5. The van der Waals surface area contributed by atoms with Crippen LogP contribution in [-0.4, -0.2) is 18.9 Å². The molecule has 50 heavy (non-hydrogen) atoms. The summed E-state index contributed by atoms with van der Waals surface area (Å²) in [6.45, 7) is 19.1. The molecule has 5 aromatic rings. The summed E-state index contributed by atoms with van der Waals surface area (Å²) in [5, 5.41) is 0. The average molecular weight is 663 g/mol. The number of carbonyl (C=O) groups excluding carboxylic acids is 3. The first-order valence-corrected chi connectivity index (χ1v) is 17.1. The number of rotatable bonds is 5. The van der Waals surface area contributed by atoms with Crippen molar-refractivity contribution in [3.8, 4) is 23.0 Å². The number of carbonyl (C=O) groups is 3. The fourth-order valence-electron chi connectivity index (χ4n) is 8.01. The fourth-order valence-corrected chi connectivity index (χ4v) is 8.01. The van der Waals surface area contributed by atoms with Gasteiger partial charge in [0.25, 0.3) is 0 Å². The van der Waals surface area contributed by atoms with E-state index in [2.05, 4.69) is 84.0 Å². The molecular formula is C45H42O5. The first-order chi connectivity index (χ1) is 23.6. The monoisotopic (exact) mass is 662 g/mol. The number of hydrogen-bond donors (Lipinski definition) is 0. The van der Waals surface area contributed by atoms with Gasteiger partial charge in [-0.15, -0.1) is 0 Å².